The fourth-order valence-electron chi connectivity index (χ4n) is 5.01. The van der Waals surface area contributed by atoms with Crippen LogP contribution in [0.3, 0.4) is 0 Å². The monoisotopic (exact) mass is 323 g/mol. The highest BCUT2D eigenvalue weighted by Crippen LogP contribution is 2.52. The molecule has 7 atom stereocenters. The number of amides is 1. The second-order valence-electron chi connectivity index (χ2n) is 7.07. The van der Waals surface area contributed by atoms with Gasteiger partial charge in [0.05, 0.1) is 12.5 Å². The molecule has 23 heavy (non-hydrogen) atoms. The van der Waals surface area contributed by atoms with Crippen molar-refractivity contribution in [3.8, 4) is 0 Å². The molecule has 1 amide bonds. The Balaban J connectivity index is 1.70. The van der Waals surface area contributed by atoms with E-state index in [1.807, 2.05) is 6.92 Å². The summed E-state index contributed by atoms with van der Waals surface area (Å²) < 4.78 is 10.3. The summed E-state index contributed by atoms with van der Waals surface area (Å²) >= 11 is 0. The summed E-state index contributed by atoms with van der Waals surface area (Å²) in [6.07, 6.45) is 3.80. The van der Waals surface area contributed by atoms with Crippen LogP contribution < -0.4 is 5.32 Å². The van der Waals surface area contributed by atoms with Crippen molar-refractivity contribution in [2.24, 2.45) is 29.6 Å². The van der Waals surface area contributed by atoms with E-state index < -0.39 is 0 Å². The predicted octanol–water partition coefficient (Wildman–Crippen LogP) is 1.91. The second-order valence-corrected chi connectivity index (χ2v) is 7.07. The smallest absolute Gasteiger partial charge is 0.407 e. The minimum absolute atomic E-state index is 0.0239. The lowest BCUT2D eigenvalue weighted by molar-refractivity contribution is -0.144. The van der Waals surface area contributed by atoms with Gasteiger partial charge >= 0.3 is 12.1 Å². The normalized spacial score (nSPS) is 42.2. The topological polar surface area (TPSA) is 81.7 Å². The van der Waals surface area contributed by atoms with Crippen molar-refractivity contribution in [3.05, 3.63) is 0 Å². The van der Waals surface area contributed by atoms with Crippen LogP contribution in [0.2, 0.25) is 0 Å². The third-order valence-corrected chi connectivity index (χ3v) is 5.90. The molecule has 1 aliphatic heterocycles. The van der Waals surface area contributed by atoms with Gasteiger partial charge in [-0.05, 0) is 51.4 Å². The van der Waals surface area contributed by atoms with E-state index in [4.69, 9.17) is 9.47 Å². The summed E-state index contributed by atoms with van der Waals surface area (Å²) in [4.78, 5) is 35.4. The third-order valence-electron chi connectivity index (χ3n) is 5.90. The van der Waals surface area contributed by atoms with Gasteiger partial charge in [0.25, 0.3) is 0 Å². The van der Waals surface area contributed by atoms with Crippen molar-refractivity contribution in [2.75, 3.05) is 6.61 Å². The van der Waals surface area contributed by atoms with Crippen molar-refractivity contribution in [1.82, 2.24) is 5.32 Å². The molecule has 1 heterocycles. The van der Waals surface area contributed by atoms with Gasteiger partial charge in [-0.2, -0.15) is 0 Å². The van der Waals surface area contributed by atoms with Crippen LogP contribution in [0.1, 0.15) is 39.5 Å². The maximum Gasteiger partial charge on any atom is 0.407 e. The molecule has 2 saturated carbocycles. The molecule has 3 rings (SSSR count). The molecule has 0 bridgehead atoms. The number of ether oxygens (including phenoxy) is 2. The number of carbonyl (C=O) groups is 3. The summed E-state index contributed by atoms with van der Waals surface area (Å²) in [5.74, 6) is 0.173. The van der Waals surface area contributed by atoms with Gasteiger partial charge < -0.3 is 19.6 Å². The first kappa shape index (κ1) is 16.3. The average Bonchev–Trinajstić information content (AvgIpc) is 2.79. The first-order valence-corrected chi connectivity index (χ1v) is 8.64. The summed E-state index contributed by atoms with van der Waals surface area (Å²) in [5.41, 5.74) is 0. The van der Waals surface area contributed by atoms with E-state index in [0.29, 0.717) is 12.5 Å². The zero-order chi connectivity index (χ0) is 16.6. The Bertz CT molecular complexity index is 493. The van der Waals surface area contributed by atoms with Crippen molar-refractivity contribution in [1.29, 1.82) is 0 Å². The minimum Gasteiger partial charge on any atom is -0.462 e. The fraction of sp³-hybridized carbons (Fsp3) is 0.824. The molecule has 0 aromatic rings. The maximum absolute atomic E-state index is 12.1. The van der Waals surface area contributed by atoms with Gasteiger partial charge in [-0.1, -0.05) is 0 Å². The molecule has 2 aliphatic carbocycles. The molecule has 3 aliphatic rings. The van der Waals surface area contributed by atoms with Gasteiger partial charge in [0, 0.05) is 17.9 Å². The van der Waals surface area contributed by atoms with Crippen molar-refractivity contribution in [3.63, 3.8) is 0 Å². The zero-order valence-corrected chi connectivity index (χ0v) is 13.7. The highest BCUT2D eigenvalue weighted by Gasteiger charge is 2.55. The first-order chi connectivity index (χ1) is 11.0. The summed E-state index contributed by atoms with van der Waals surface area (Å²) in [6, 6.07) is 0.0639. The van der Waals surface area contributed by atoms with E-state index in [9.17, 15) is 14.4 Å². The van der Waals surface area contributed by atoms with E-state index >= 15 is 0 Å². The second kappa shape index (κ2) is 6.49. The molecule has 6 heteroatoms. The van der Waals surface area contributed by atoms with Gasteiger partial charge in [0.1, 0.15) is 12.4 Å². The lowest BCUT2D eigenvalue weighted by Crippen LogP contribution is -2.49. The van der Waals surface area contributed by atoms with E-state index in [2.05, 4.69) is 5.32 Å². The van der Waals surface area contributed by atoms with Crippen molar-refractivity contribution >= 4 is 18.3 Å². The number of aldehydes is 1. The number of hydrogen-bond donors (Lipinski definition) is 1. The number of rotatable bonds is 3. The highest BCUT2D eigenvalue weighted by atomic mass is 16.6. The quantitative estimate of drug-likeness (QED) is 0.634. The van der Waals surface area contributed by atoms with Gasteiger partial charge in [-0.15, -0.1) is 0 Å². The first-order valence-electron chi connectivity index (χ1n) is 8.64. The standard InChI is InChI=1S/C17H25NO5/c1-3-22-17(21)18-11-4-5-12-10(6-11)7-13-15(14(12)8-19)9(2)23-16(13)20/h8-15H,3-7H2,1-2H3,(H,18,21)/t9?,10?,11-,12-,13?,14+,15?/m1/s1. The van der Waals surface area contributed by atoms with Crippen LogP contribution in [0.25, 0.3) is 0 Å². The summed E-state index contributed by atoms with van der Waals surface area (Å²) in [5, 5.41) is 2.90. The lowest BCUT2D eigenvalue weighted by atomic mass is 9.57. The molecule has 0 radical (unpaired) electrons. The number of hydrogen-bond acceptors (Lipinski definition) is 5. The van der Waals surface area contributed by atoms with Crippen LogP contribution in [0, 0.1) is 29.6 Å². The van der Waals surface area contributed by atoms with E-state index in [0.717, 1.165) is 32.0 Å². The molecule has 4 unspecified atom stereocenters. The molecular formula is C17H25NO5. The van der Waals surface area contributed by atoms with E-state index in [1.54, 1.807) is 6.92 Å². The van der Waals surface area contributed by atoms with Crippen molar-refractivity contribution in [2.45, 2.75) is 51.7 Å². The maximum atomic E-state index is 12.1. The van der Waals surface area contributed by atoms with Crippen LogP contribution in [0.4, 0.5) is 4.79 Å². The van der Waals surface area contributed by atoms with Crippen LogP contribution in [0.15, 0.2) is 0 Å². The Kier molecular flexibility index (Phi) is 4.60. The molecular weight excluding hydrogens is 298 g/mol. The average molecular weight is 323 g/mol. The van der Waals surface area contributed by atoms with Gasteiger partial charge in [-0.25, -0.2) is 4.79 Å². The Morgan fingerprint density at radius 2 is 2.17 bits per heavy atom. The minimum atomic E-state index is -0.384. The number of cyclic esters (lactones) is 1. The SMILES string of the molecule is CCOC(=O)N[C@@H]1CC[C@@H]2C(CC3C(=O)OC(C)C3[C@H]2C=O)C1. The Labute approximate surface area is 136 Å². The molecule has 0 aromatic carbocycles. The Hall–Kier alpha value is -1.59. The molecule has 1 saturated heterocycles. The summed E-state index contributed by atoms with van der Waals surface area (Å²) in [7, 11) is 0. The van der Waals surface area contributed by atoms with E-state index in [1.165, 1.54) is 0 Å². The predicted molar refractivity (Wildman–Crippen MR) is 81.5 cm³/mol. The van der Waals surface area contributed by atoms with Gasteiger partial charge in [0.15, 0.2) is 0 Å². The third kappa shape index (κ3) is 2.95. The number of carbonyl (C=O) groups excluding carboxylic acids is 3. The lowest BCUT2D eigenvalue weighted by Gasteiger charge is -2.46. The van der Waals surface area contributed by atoms with Crippen molar-refractivity contribution < 1.29 is 23.9 Å². The molecule has 3 fully saturated rings. The Morgan fingerprint density at radius 3 is 2.87 bits per heavy atom. The zero-order valence-electron chi connectivity index (χ0n) is 13.7. The van der Waals surface area contributed by atoms with E-state index in [-0.39, 0.29) is 47.9 Å². The highest BCUT2D eigenvalue weighted by molar-refractivity contribution is 5.77. The van der Waals surface area contributed by atoms with Crippen LogP contribution in [-0.2, 0) is 19.1 Å². The largest absolute Gasteiger partial charge is 0.462 e. The van der Waals surface area contributed by atoms with Crippen LogP contribution >= 0.6 is 0 Å². The number of fused-ring (bicyclic) bond motifs is 2. The van der Waals surface area contributed by atoms with Crippen LogP contribution in [0.5, 0.6) is 0 Å². The molecule has 0 aromatic heterocycles. The number of esters is 1. The molecule has 1 N–H and O–H groups in total. The number of nitrogens with one attached hydrogen (secondary N) is 1. The molecule has 128 valence electrons. The molecule has 6 nitrogen and oxygen atoms in total. The van der Waals surface area contributed by atoms with Gasteiger partial charge in [-0.3, -0.25) is 4.79 Å². The van der Waals surface area contributed by atoms with Gasteiger partial charge in [0.2, 0.25) is 0 Å². The molecule has 0 spiro atoms. The number of alkyl carbamates (subject to hydrolysis) is 1. The summed E-state index contributed by atoms with van der Waals surface area (Å²) in [6.45, 7) is 4.03. The fourth-order valence-corrected chi connectivity index (χ4v) is 5.01. The Morgan fingerprint density at radius 1 is 1.39 bits per heavy atom. The van der Waals surface area contributed by atoms with Crippen LogP contribution in [-0.4, -0.2) is 37.1 Å².